The molecule has 0 N–H and O–H groups in total. The molecule has 0 fully saturated rings. The van der Waals surface area contributed by atoms with Crippen molar-refractivity contribution in [3.63, 3.8) is 0 Å². The smallest absolute Gasteiger partial charge is 0.361 e. The number of nitrogens with zero attached hydrogens (tertiary/aromatic N) is 2. The van der Waals surface area contributed by atoms with Gasteiger partial charge < -0.3 is 9.47 Å². The highest BCUT2D eigenvalue weighted by atomic mass is 32.2. The molecule has 1 aromatic carbocycles. The van der Waals surface area contributed by atoms with Crippen molar-refractivity contribution in [2.75, 3.05) is 12.4 Å². The number of rotatable bonds is 5. The number of ether oxygens (including phenoxy) is 2. The Kier molecular flexibility index (Phi) is 5.20. The molecule has 1 aliphatic rings. The van der Waals surface area contributed by atoms with Crippen LogP contribution in [0.5, 0.6) is 5.75 Å². The Hall–Kier alpha value is -2.28. The molecular formula is C17H18N2O4S. The zero-order valence-corrected chi connectivity index (χ0v) is 14.2. The molecule has 24 heavy (non-hydrogen) atoms. The number of carbonyl (C=O) groups excluding carboxylic acids is 1. The van der Waals surface area contributed by atoms with Crippen molar-refractivity contribution in [1.82, 2.24) is 9.55 Å². The third-order valence-electron chi connectivity index (χ3n) is 3.59. The summed E-state index contributed by atoms with van der Waals surface area (Å²) in [5.74, 6) is 1.36. The van der Waals surface area contributed by atoms with E-state index in [9.17, 15) is 9.59 Å². The molecule has 0 spiro atoms. The predicted molar refractivity (Wildman–Crippen MR) is 91.4 cm³/mol. The summed E-state index contributed by atoms with van der Waals surface area (Å²) in [7, 11) is 0. The van der Waals surface area contributed by atoms with E-state index in [1.807, 2.05) is 30.3 Å². The maximum Gasteiger partial charge on any atom is 0.361 e. The van der Waals surface area contributed by atoms with Gasteiger partial charge in [-0.15, -0.1) is 0 Å². The van der Waals surface area contributed by atoms with Crippen LogP contribution in [0.4, 0.5) is 0 Å². The number of carbonyl (C=O) groups is 1. The molecule has 0 unspecified atom stereocenters. The SMILES string of the molecule is CCOC(=O)c1nc2n(c(=O)c1OCc1ccccc1)CCSC2. The molecule has 1 aliphatic heterocycles. The molecule has 126 valence electrons. The van der Waals surface area contributed by atoms with Crippen molar-refractivity contribution in [1.29, 1.82) is 0 Å². The van der Waals surface area contributed by atoms with Crippen molar-refractivity contribution >= 4 is 17.7 Å². The monoisotopic (exact) mass is 346 g/mol. The Morgan fingerprint density at radius 2 is 2.12 bits per heavy atom. The fourth-order valence-corrected chi connectivity index (χ4v) is 3.30. The average Bonchev–Trinajstić information content (AvgIpc) is 2.62. The number of hydrogen-bond donors (Lipinski definition) is 0. The summed E-state index contributed by atoms with van der Waals surface area (Å²) in [6.45, 7) is 2.68. The number of fused-ring (bicyclic) bond motifs is 1. The van der Waals surface area contributed by atoms with E-state index < -0.39 is 5.97 Å². The normalized spacial score (nSPS) is 13.2. The quantitative estimate of drug-likeness (QED) is 0.774. The lowest BCUT2D eigenvalue weighted by molar-refractivity contribution is 0.0512. The molecule has 1 aromatic heterocycles. The fraction of sp³-hybridized carbons (Fsp3) is 0.353. The van der Waals surface area contributed by atoms with Gasteiger partial charge in [-0.2, -0.15) is 11.8 Å². The number of esters is 1. The van der Waals surface area contributed by atoms with Crippen LogP contribution in [0.2, 0.25) is 0 Å². The molecule has 0 aliphatic carbocycles. The van der Waals surface area contributed by atoms with Gasteiger partial charge in [0.25, 0.3) is 5.56 Å². The van der Waals surface area contributed by atoms with Crippen LogP contribution in [-0.2, 0) is 23.6 Å². The maximum absolute atomic E-state index is 12.7. The molecule has 0 bridgehead atoms. The summed E-state index contributed by atoms with van der Waals surface area (Å²) in [5.41, 5.74) is 0.552. The summed E-state index contributed by atoms with van der Waals surface area (Å²) in [6.07, 6.45) is 0. The molecule has 0 radical (unpaired) electrons. The summed E-state index contributed by atoms with van der Waals surface area (Å²) >= 11 is 1.68. The van der Waals surface area contributed by atoms with Crippen LogP contribution in [0.15, 0.2) is 35.1 Å². The van der Waals surface area contributed by atoms with Gasteiger partial charge in [0.1, 0.15) is 12.4 Å². The van der Waals surface area contributed by atoms with Crippen LogP contribution in [0.3, 0.4) is 0 Å². The van der Waals surface area contributed by atoms with E-state index in [0.29, 0.717) is 18.1 Å². The first-order valence-corrected chi connectivity index (χ1v) is 8.91. The highest BCUT2D eigenvalue weighted by molar-refractivity contribution is 7.98. The second kappa shape index (κ2) is 7.53. The highest BCUT2D eigenvalue weighted by Gasteiger charge is 2.25. The van der Waals surface area contributed by atoms with Crippen molar-refractivity contribution in [2.24, 2.45) is 0 Å². The number of aromatic nitrogens is 2. The van der Waals surface area contributed by atoms with Crippen LogP contribution < -0.4 is 10.3 Å². The summed E-state index contributed by atoms with van der Waals surface area (Å²) in [5, 5.41) is 0. The maximum atomic E-state index is 12.7. The van der Waals surface area contributed by atoms with Gasteiger partial charge in [-0.05, 0) is 12.5 Å². The number of thioether (sulfide) groups is 1. The lowest BCUT2D eigenvalue weighted by atomic mass is 10.2. The first-order valence-electron chi connectivity index (χ1n) is 7.76. The Labute approximate surface area is 143 Å². The third kappa shape index (κ3) is 3.46. The minimum absolute atomic E-state index is 0.0343. The topological polar surface area (TPSA) is 70.4 Å². The van der Waals surface area contributed by atoms with Crippen LogP contribution in [0.25, 0.3) is 0 Å². The van der Waals surface area contributed by atoms with Gasteiger partial charge in [0.2, 0.25) is 5.75 Å². The third-order valence-corrected chi connectivity index (χ3v) is 4.53. The molecule has 0 saturated heterocycles. The largest absolute Gasteiger partial charge is 0.481 e. The van der Waals surface area contributed by atoms with Crippen LogP contribution in [0.1, 0.15) is 28.8 Å². The van der Waals surface area contributed by atoms with E-state index in [0.717, 1.165) is 11.3 Å². The zero-order chi connectivity index (χ0) is 16.9. The van der Waals surface area contributed by atoms with E-state index in [2.05, 4.69) is 4.98 Å². The lowest BCUT2D eigenvalue weighted by Gasteiger charge is -2.19. The standard InChI is InChI=1S/C17H18N2O4S/c1-2-22-17(21)14-15(23-10-12-6-4-3-5-7-12)16(20)19-8-9-24-11-13(19)18-14/h3-7H,2,8-11H2,1H3. The molecule has 7 heteroatoms. The van der Waals surface area contributed by atoms with Crippen molar-refractivity contribution < 1.29 is 14.3 Å². The predicted octanol–water partition coefficient (Wildman–Crippen LogP) is 2.25. The first kappa shape index (κ1) is 16.6. The molecule has 2 heterocycles. The lowest BCUT2D eigenvalue weighted by Crippen LogP contribution is -2.32. The van der Waals surface area contributed by atoms with E-state index in [1.54, 1.807) is 23.3 Å². The van der Waals surface area contributed by atoms with Gasteiger partial charge in [-0.3, -0.25) is 9.36 Å². The van der Waals surface area contributed by atoms with Gasteiger partial charge in [0.05, 0.1) is 12.4 Å². The molecule has 2 aromatic rings. The fourth-order valence-electron chi connectivity index (χ4n) is 2.44. The Balaban J connectivity index is 1.98. The minimum Gasteiger partial charge on any atom is -0.481 e. The van der Waals surface area contributed by atoms with Crippen LogP contribution in [0, 0.1) is 0 Å². The minimum atomic E-state index is -0.628. The van der Waals surface area contributed by atoms with E-state index >= 15 is 0 Å². The summed E-state index contributed by atoms with van der Waals surface area (Å²) in [6, 6.07) is 9.47. The first-order chi connectivity index (χ1) is 11.7. The molecule has 3 rings (SSSR count). The Morgan fingerprint density at radius 3 is 2.88 bits per heavy atom. The van der Waals surface area contributed by atoms with E-state index in [1.165, 1.54) is 0 Å². The van der Waals surface area contributed by atoms with E-state index in [-0.39, 0.29) is 30.2 Å². The number of benzene rings is 1. The molecule has 6 nitrogen and oxygen atoms in total. The van der Waals surface area contributed by atoms with Gasteiger partial charge >= 0.3 is 5.97 Å². The molecule has 0 atom stereocenters. The van der Waals surface area contributed by atoms with Crippen LogP contribution >= 0.6 is 11.8 Å². The van der Waals surface area contributed by atoms with Gasteiger partial charge in [-0.25, -0.2) is 9.78 Å². The van der Waals surface area contributed by atoms with Crippen LogP contribution in [-0.4, -0.2) is 27.9 Å². The second-order valence-electron chi connectivity index (χ2n) is 5.21. The average molecular weight is 346 g/mol. The summed E-state index contributed by atoms with van der Waals surface area (Å²) < 4.78 is 12.3. The summed E-state index contributed by atoms with van der Waals surface area (Å²) in [4.78, 5) is 29.3. The second-order valence-corrected chi connectivity index (χ2v) is 6.32. The van der Waals surface area contributed by atoms with Gasteiger partial charge in [-0.1, -0.05) is 30.3 Å². The Bertz CT molecular complexity index is 789. The van der Waals surface area contributed by atoms with Gasteiger partial charge in [0, 0.05) is 12.3 Å². The number of hydrogen-bond acceptors (Lipinski definition) is 6. The van der Waals surface area contributed by atoms with E-state index in [4.69, 9.17) is 9.47 Å². The van der Waals surface area contributed by atoms with Crippen molar-refractivity contribution in [3.05, 3.63) is 57.8 Å². The molecule has 0 amide bonds. The highest BCUT2D eigenvalue weighted by Crippen LogP contribution is 2.21. The van der Waals surface area contributed by atoms with Crippen molar-refractivity contribution in [2.45, 2.75) is 25.8 Å². The van der Waals surface area contributed by atoms with Gasteiger partial charge in [0.15, 0.2) is 5.69 Å². The molecule has 0 saturated carbocycles. The van der Waals surface area contributed by atoms with Crippen molar-refractivity contribution in [3.8, 4) is 5.75 Å². The molecular weight excluding hydrogens is 328 g/mol. The Morgan fingerprint density at radius 1 is 1.33 bits per heavy atom. The zero-order valence-electron chi connectivity index (χ0n) is 13.4.